The number of nitrogens with zero attached hydrogens (tertiary/aromatic N) is 1. The van der Waals surface area contributed by atoms with Gasteiger partial charge in [-0.05, 0) is 43.9 Å². The second-order valence-electron chi connectivity index (χ2n) is 5.03. The van der Waals surface area contributed by atoms with Gasteiger partial charge in [-0.25, -0.2) is 4.39 Å². The van der Waals surface area contributed by atoms with E-state index in [9.17, 15) is 14.5 Å². The Hall–Kier alpha value is -1.53. The molecular weight excluding hydrogens is 263 g/mol. The van der Waals surface area contributed by atoms with Crippen LogP contribution in [0.15, 0.2) is 18.2 Å². The van der Waals surface area contributed by atoms with E-state index < -0.39 is 10.7 Å². The summed E-state index contributed by atoms with van der Waals surface area (Å²) in [6.07, 6.45) is 4.65. The Balaban J connectivity index is 1.77. The summed E-state index contributed by atoms with van der Waals surface area (Å²) in [7, 11) is 0. The topological polar surface area (TPSA) is 64.4 Å². The Kier molecular flexibility index (Phi) is 5.43. The maximum Gasteiger partial charge on any atom is 0.272 e. The minimum absolute atomic E-state index is 0.211. The molecule has 1 atom stereocenters. The van der Waals surface area contributed by atoms with Crippen LogP contribution in [-0.4, -0.2) is 24.2 Å². The number of nitro benzene ring substituents is 1. The summed E-state index contributed by atoms with van der Waals surface area (Å²) >= 11 is 0. The molecule has 0 saturated carbocycles. The molecule has 1 aromatic carbocycles. The molecule has 20 heavy (non-hydrogen) atoms. The fourth-order valence-electron chi connectivity index (χ4n) is 2.37. The molecule has 1 aromatic rings. The Morgan fingerprint density at radius 2 is 2.25 bits per heavy atom. The molecule has 0 bridgehead atoms. The quantitative estimate of drug-likeness (QED) is 0.495. The van der Waals surface area contributed by atoms with Gasteiger partial charge in [-0.2, -0.15) is 0 Å². The Labute approximate surface area is 117 Å². The van der Waals surface area contributed by atoms with E-state index in [1.807, 2.05) is 0 Å². The third-order valence-electron chi connectivity index (χ3n) is 3.40. The van der Waals surface area contributed by atoms with Gasteiger partial charge in [0.2, 0.25) is 0 Å². The van der Waals surface area contributed by atoms with Crippen LogP contribution in [0.25, 0.3) is 0 Å². The maximum absolute atomic E-state index is 13.2. The van der Waals surface area contributed by atoms with Crippen LogP contribution in [0.3, 0.4) is 0 Å². The highest BCUT2D eigenvalue weighted by molar-refractivity contribution is 5.35. The smallest absolute Gasteiger partial charge is 0.272 e. The highest BCUT2D eigenvalue weighted by Gasteiger charge is 2.13. The van der Waals surface area contributed by atoms with Gasteiger partial charge in [0.25, 0.3) is 5.69 Å². The Morgan fingerprint density at radius 3 is 2.95 bits per heavy atom. The Morgan fingerprint density at radius 1 is 1.40 bits per heavy atom. The molecule has 1 saturated heterocycles. The van der Waals surface area contributed by atoms with Crippen molar-refractivity contribution in [3.05, 3.63) is 39.7 Å². The number of ether oxygens (including phenoxy) is 1. The predicted molar refractivity (Wildman–Crippen MR) is 73.0 cm³/mol. The van der Waals surface area contributed by atoms with Crippen LogP contribution in [0.2, 0.25) is 0 Å². The zero-order valence-corrected chi connectivity index (χ0v) is 11.3. The molecule has 1 unspecified atom stereocenters. The van der Waals surface area contributed by atoms with Crippen LogP contribution in [0.1, 0.15) is 31.2 Å². The fraction of sp³-hybridized carbons (Fsp3) is 0.571. The van der Waals surface area contributed by atoms with Crippen molar-refractivity contribution in [2.45, 2.75) is 38.3 Å². The summed E-state index contributed by atoms with van der Waals surface area (Å²) in [5.41, 5.74) is 0.374. The van der Waals surface area contributed by atoms with Gasteiger partial charge in [0, 0.05) is 19.2 Å². The van der Waals surface area contributed by atoms with Crippen LogP contribution in [0.5, 0.6) is 0 Å². The first-order chi connectivity index (χ1) is 9.65. The molecular formula is C14H19FN2O3. The van der Waals surface area contributed by atoms with E-state index in [0.29, 0.717) is 18.2 Å². The van der Waals surface area contributed by atoms with E-state index in [4.69, 9.17) is 4.74 Å². The van der Waals surface area contributed by atoms with E-state index in [-0.39, 0.29) is 5.69 Å². The SMILES string of the molecule is O=[N+]([O-])c1cc(F)cc(CNCCC2CCCCO2)c1. The van der Waals surface area contributed by atoms with Gasteiger partial charge in [-0.15, -0.1) is 0 Å². The standard InChI is InChI=1S/C14H19FN2O3/c15-12-7-11(8-13(9-12)17(18)19)10-16-5-4-14-3-1-2-6-20-14/h7-9,14,16H,1-6,10H2. The number of hydrogen-bond acceptors (Lipinski definition) is 4. The highest BCUT2D eigenvalue weighted by atomic mass is 19.1. The van der Waals surface area contributed by atoms with Gasteiger partial charge < -0.3 is 10.1 Å². The van der Waals surface area contributed by atoms with Crippen LogP contribution in [-0.2, 0) is 11.3 Å². The number of non-ortho nitro benzene ring substituents is 1. The summed E-state index contributed by atoms with van der Waals surface area (Å²) < 4.78 is 18.8. The number of hydrogen-bond donors (Lipinski definition) is 1. The molecule has 1 fully saturated rings. The normalized spacial score (nSPS) is 18.9. The highest BCUT2D eigenvalue weighted by Crippen LogP contribution is 2.17. The average molecular weight is 282 g/mol. The number of benzene rings is 1. The summed E-state index contributed by atoms with van der Waals surface area (Å²) in [5, 5.41) is 13.8. The van der Waals surface area contributed by atoms with Gasteiger partial charge in [0.1, 0.15) is 5.82 Å². The summed E-state index contributed by atoms with van der Waals surface area (Å²) in [4.78, 5) is 10.1. The molecule has 110 valence electrons. The maximum atomic E-state index is 13.2. The minimum atomic E-state index is -0.581. The lowest BCUT2D eigenvalue weighted by molar-refractivity contribution is -0.385. The van der Waals surface area contributed by atoms with E-state index in [1.165, 1.54) is 18.6 Å². The van der Waals surface area contributed by atoms with Crippen molar-refractivity contribution in [1.29, 1.82) is 0 Å². The monoisotopic (exact) mass is 282 g/mol. The zero-order chi connectivity index (χ0) is 14.4. The first-order valence-corrected chi connectivity index (χ1v) is 6.91. The minimum Gasteiger partial charge on any atom is -0.378 e. The summed E-state index contributed by atoms with van der Waals surface area (Å²) in [5.74, 6) is -0.577. The largest absolute Gasteiger partial charge is 0.378 e. The van der Waals surface area contributed by atoms with Crippen molar-refractivity contribution in [2.24, 2.45) is 0 Å². The lowest BCUT2D eigenvalue weighted by atomic mass is 10.1. The molecule has 5 nitrogen and oxygen atoms in total. The van der Waals surface area contributed by atoms with Gasteiger partial charge in [-0.3, -0.25) is 10.1 Å². The lowest BCUT2D eigenvalue weighted by Crippen LogP contribution is -2.25. The van der Waals surface area contributed by atoms with E-state index in [0.717, 1.165) is 38.5 Å². The van der Waals surface area contributed by atoms with Crippen molar-refractivity contribution >= 4 is 5.69 Å². The van der Waals surface area contributed by atoms with Gasteiger partial charge in [0.05, 0.1) is 17.1 Å². The van der Waals surface area contributed by atoms with Crippen molar-refractivity contribution in [3.8, 4) is 0 Å². The summed E-state index contributed by atoms with van der Waals surface area (Å²) in [6.45, 7) is 2.01. The number of nitrogens with one attached hydrogen (secondary N) is 1. The van der Waals surface area contributed by atoms with Crippen molar-refractivity contribution < 1.29 is 14.1 Å². The van der Waals surface area contributed by atoms with Crippen LogP contribution in [0.4, 0.5) is 10.1 Å². The van der Waals surface area contributed by atoms with Crippen LogP contribution < -0.4 is 5.32 Å². The van der Waals surface area contributed by atoms with Crippen molar-refractivity contribution in [2.75, 3.05) is 13.2 Å². The number of halogens is 1. The van der Waals surface area contributed by atoms with Gasteiger partial charge in [0.15, 0.2) is 0 Å². The molecule has 1 aliphatic heterocycles. The van der Waals surface area contributed by atoms with Crippen molar-refractivity contribution in [3.63, 3.8) is 0 Å². The molecule has 0 radical (unpaired) electrons. The number of rotatable bonds is 6. The molecule has 0 amide bonds. The van der Waals surface area contributed by atoms with Crippen molar-refractivity contribution in [1.82, 2.24) is 5.32 Å². The van der Waals surface area contributed by atoms with Crippen LogP contribution >= 0.6 is 0 Å². The average Bonchev–Trinajstić information content (AvgIpc) is 2.44. The second-order valence-corrected chi connectivity index (χ2v) is 5.03. The van der Waals surface area contributed by atoms with Crippen LogP contribution in [0, 0.1) is 15.9 Å². The molecule has 0 aromatic heterocycles. The summed E-state index contributed by atoms with van der Waals surface area (Å²) in [6, 6.07) is 3.64. The fourth-order valence-corrected chi connectivity index (χ4v) is 2.37. The molecule has 0 spiro atoms. The molecule has 1 N–H and O–H groups in total. The third-order valence-corrected chi connectivity index (χ3v) is 3.40. The molecule has 0 aliphatic carbocycles. The Bertz CT molecular complexity index is 462. The van der Waals surface area contributed by atoms with E-state index in [2.05, 4.69) is 5.32 Å². The second kappa shape index (κ2) is 7.31. The number of nitro groups is 1. The van der Waals surface area contributed by atoms with Gasteiger partial charge in [-0.1, -0.05) is 0 Å². The molecule has 1 heterocycles. The molecule has 1 aliphatic rings. The van der Waals surface area contributed by atoms with E-state index in [1.54, 1.807) is 0 Å². The lowest BCUT2D eigenvalue weighted by Gasteiger charge is -2.22. The van der Waals surface area contributed by atoms with E-state index >= 15 is 0 Å². The molecule has 6 heteroatoms. The zero-order valence-electron chi connectivity index (χ0n) is 11.3. The predicted octanol–water partition coefficient (Wildman–Crippen LogP) is 2.78. The third kappa shape index (κ3) is 4.54. The molecule has 2 rings (SSSR count). The first-order valence-electron chi connectivity index (χ1n) is 6.91. The first kappa shape index (κ1) is 14.9. The van der Waals surface area contributed by atoms with Gasteiger partial charge >= 0.3 is 0 Å².